The number of amides is 2. The molecular weight excluding hydrogens is 222 g/mol. The maximum absolute atomic E-state index is 12.0. The van der Waals surface area contributed by atoms with Gasteiger partial charge in [0.05, 0.1) is 6.20 Å². The third-order valence-electron chi connectivity index (χ3n) is 2.81. The zero-order valence-electron chi connectivity index (χ0n) is 9.67. The molecule has 7 nitrogen and oxygen atoms in total. The molecule has 0 saturated carbocycles. The van der Waals surface area contributed by atoms with Gasteiger partial charge in [-0.25, -0.2) is 4.68 Å². The van der Waals surface area contributed by atoms with Gasteiger partial charge in [-0.15, -0.1) is 5.10 Å². The van der Waals surface area contributed by atoms with Crippen LogP contribution in [0.15, 0.2) is 12.4 Å². The smallest absolute Gasteiger partial charge is 0.245 e. The number of nitrogens with one attached hydrogen (secondary N) is 1. The van der Waals surface area contributed by atoms with Gasteiger partial charge >= 0.3 is 0 Å². The Kier molecular flexibility index (Phi) is 3.36. The quantitative estimate of drug-likeness (QED) is 0.732. The highest BCUT2D eigenvalue weighted by Gasteiger charge is 2.31. The first-order chi connectivity index (χ1) is 8.22. The molecule has 1 atom stereocenters. The first kappa shape index (κ1) is 11.6. The Hall–Kier alpha value is -1.92. The van der Waals surface area contributed by atoms with Gasteiger partial charge < -0.3 is 10.2 Å². The SMILES string of the molecule is CCC1C(=O)NCCN1C(=O)Cn1ccnn1. The number of hydrogen-bond acceptors (Lipinski definition) is 4. The monoisotopic (exact) mass is 237 g/mol. The van der Waals surface area contributed by atoms with Crippen LogP contribution >= 0.6 is 0 Å². The fourth-order valence-electron chi connectivity index (χ4n) is 1.97. The summed E-state index contributed by atoms with van der Waals surface area (Å²) < 4.78 is 1.46. The maximum atomic E-state index is 12.0. The van der Waals surface area contributed by atoms with Crippen molar-refractivity contribution in [3.63, 3.8) is 0 Å². The molecule has 0 spiro atoms. The van der Waals surface area contributed by atoms with Gasteiger partial charge in [0, 0.05) is 19.3 Å². The zero-order valence-corrected chi connectivity index (χ0v) is 9.67. The third kappa shape index (κ3) is 2.43. The molecule has 2 rings (SSSR count). The summed E-state index contributed by atoms with van der Waals surface area (Å²) in [6.45, 7) is 3.09. The fraction of sp³-hybridized carbons (Fsp3) is 0.600. The normalized spacial score (nSPS) is 20.2. The second-order valence-corrected chi connectivity index (χ2v) is 3.90. The summed E-state index contributed by atoms with van der Waals surface area (Å²) in [5.74, 6) is -0.178. The molecule has 7 heteroatoms. The lowest BCUT2D eigenvalue weighted by Crippen LogP contribution is -2.57. The molecule has 1 saturated heterocycles. The van der Waals surface area contributed by atoms with Crippen LogP contribution in [0, 0.1) is 0 Å². The van der Waals surface area contributed by atoms with Gasteiger partial charge in [0.2, 0.25) is 11.8 Å². The molecule has 1 aromatic rings. The molecule has 1 unspecified atom stereocenters. The van der Waals surface area contributed by atoms with Crippen LogP contribution in [0.4, 0.5) is 0 Å². The molecule has 92 valence electrons. The topological polar surface area (TPSA) is 80.1 Å². The number of rotatable bonds is 3. The Balaban J connectivity index is 2.04. The predicted octanol–water partition coefficient (Wildman–Crippen LogP) is -0.985. The van der Waals surface area contributed by atoms with Crippen molar-refractivity contribution in [2.24, 2.45) is 0 Å². The van der Waals surface area contributed by atoms with E-state index in [1.807, 2.05) is 6.92 Å². The molecule has 0 bridgehead atoms. The van der Waals surface area contributed by atoms with Crippen molar-refractivity contribution in [3.05, 3.63) is 12.4 Å². The zero-order chi connectivity index (χ0) is 12.3. The highest BCUT2D eigenvalue weighted by atomic mass is 16.2. The van der Waals surface area contributed by atoms with Gasteiger partial charge in [0.15, 0.2) is 0 Å². The molecular formula is C10H15N5O2. The molecule has 0 radical (unpaired) electrons. The van der Waals surface area contributed by atoms with E-state index in [-0.39, 0.29) is 24.4 Å². The van der Waals surface area contributed by atoms with Gasteiger partial charge in [0.25, 0.3) is 0 Å². The van der Waals surface area contributed by atoms with Crippen molar-refractivity contribution < 1.29 is 9.59 Å². The Bertz CT molecular complexity index is 403. The second-order valence-electron chi connectivity index (χ2n) is 3.90. The minimum Gasteiger partial charge on any atom is -0.353 e. The lowest BCUT2D eigenvalue weighted by molar-refractivity contribution is -0.143. The summed E-state index contributed by atoms with van der Waals surface area (Å²) in [4.78, 5) is 25.3. The molecule has 0 aromatic carbocycles. The van der Waals surface area contributed by atoms with E-state index in [0.29, 0.717) is 19.5 Å². The van der Waals surface area contributed by atoms with Gasteiger partial charge in [-0.3, -0.25) is 9.59 Å². The Morgan fingerprint density at radius 3 is 3.12 bits per heavy atom. The Morgan fingerprint density at radius 2 is 2.47 bits per heavy atom. The summed E-state index contributed by atoms with van der Waals surface area (Å²) in [5, 5.41) is 10.1. The minimum atomic E-state index is -0.361. The Labute approximate surface area is 98.8 Å². The molecule has 1 fully saturated rings. The summed E-state index contributed by atoms with van der Waals surface area (Å²) in [6, 6.07) is -0.361. The summed E-state index contributed by atoms with van der Waals surface area (Å²) in [6.07, 6.45) is 3.77. The van der Waals surface area contributed by atoms with Crippen LogP contribution in [0.2, 0.25) is 0 Å². The van der Waals surface area contributed by atoms with E-state index in [2.05, 4.69) is 15.6 Å². The van der Waals surface area contributed by atoms with Crippen LogP contribution in [0.1, 0.15) is 13.3 Å². The molecule has 0 aliphatic carbocycles. The predicted molar refractivity (Wildman–Crippen MR) is 58.8 cm³/mol. The average Bonchev–Trinajstić information content (AvgIpc) is 2.81. The van der Waals surface area contributed by atoms with Crippen molar-refractivity contribution in [3.8, 4) is 0 Å². The van der Waals surface area contributed by atoms with E-state index in [9.17, 15) is 9.59 Å². The molecule has 2 amide bonds. The van der Waals surface area contributed by atoms with Crippen LogP contribution in [0.3, 0.4) is 0 Å². The first-order valence-corrected chi connectivity index (χ1v) is 5.63. The summed E-state index contributed by atoms with van der Waals surface area (Å²) >= 11 is 0. The van der Waals surface area contributed by atoms with Crippen LogP contribution in [-0.4, -0.2) is 50.8 Å². The van der Waals surface area contributed by atoms with Crippen molar-refractivity contribution in [1.29, 1.82) is 0 Å². The third-order valence-corrected chi connectivity index (χ3v) is 2.81. The van der Waals surface area contributed by atoms with E-state index >= 15 is 0 Å². The lowest BCUT2D eigenvalue weighted by atomic mass is 10.1. The number of carbonyl (C=O) groups excluding carboxylic acids is 2. The van der Waals surface area contributed by atoms with E-state index < -0.39 is 0 Å². The molecule has 1 aliphatic heterocycles. The lowest BCUT2D eigenvalue weighted by Gasteiger charge is -2.34. The first-order valence-electron chi connectivity index (χ1n) is 5.63. The van der Waals surface area contributed by atoms with Crippen molar-refractivity contribution >= 4 is 11.8 Å². The number of piperazine rings is 1. The van der Waals surface area contributed by atoms with Crippen LogP contribution in [0.25, 0.3) is 0 Å². The fourth-order valence-corrected chi connectivity index (χ4v) is 1.97. The average molecular weight is 237 g/mol. The van der Waals surface area contributed by atoms with E-state index in [0.717, 1.165) is 0 Å². The van der Waals surface area contributed by atoms with Crippen LogP contribution < -0.4 is 5.32 Å². The molecule has 1 N–H and O–H groups in total. The van der Waals surface area contributed by atoms with Gasteiger partial charge in [-0.05, 0) is 6.42 Å². The maximum Gasteiger partial charge on any atom is 0.245 e. The van der Waals surface area contributed by atoms with Crippen LogP contribution in [-0.2, 0) is 16.1 Å². The van der Waals surface area contributed by atoms with E-state index in [4.69, 9.17) is 0 Å². The summed E-state index contributed by atoms with van der Waals surface area (Å²) in [5.41, 5.74) is 0. The Morgan fingerprint density at radius 1 is 1.65 bits per heavy atom. The number of nitrogens with zero attached hydrogens (tertiary/aromatic N) is 4. The number of aromatic nitrogens is 3. The van der Waals surface area contributed by atoms with Crippen LogP contribution in [0.5, 0.6) is 0 Å². The molecule has 17 heavy (non-hydrogen) atoms. The standard InChI is InChI=1S/C10H15N5O2/c1-2-8-10(17)11-3-6-15(8)9(16)7-14-5-4-12-13-14/h4-5,8H,2-3,6-7H2,1H3,(H,11,17). The largest absolute Gasteiger partial charge is 0.353 e. The van der Waals surface area contributed by atoms with Crippen molar-refractivity contribution in [2.45, 2.75) is 25.9 Å². The molecule has 1 aromatic heterocycles. The molecule has 2 heterocycles. The highest BCUT2D eigenvalue weighted by molar-refractivity contribution is 5.88. The number of hydrogen-bond donors (Lipinski definition) is 1. The van der Waals surface area contributed by atoms with Crippen molar-refractivity contribution in [2.75, 3.05) is 13.1 Å². The highest BCUT2D eigenvalue weighted by Crippen LogP contribution is 2.09. The second kappa shape index (κ2) is 4.94. The number of carbonyl (C=O) groups is 2. The van der Waals surface area contributed by atoms with Gasteiger partial charge in [0.1, 0.15) is 12.6 Å². The minimum absolute atomic E-state index is 0.0781. The van der Waals surface area contributed by atoms with E-state index in [1.54, 1.807) is 11.1 Å². The van der Waals surface area contributed by atoms with Crippen molar-refractivity contribution in [1.82, 2.24) is 25.2 Å². The van der Waals surface area contributed by atoms with E-state index in [1.165, 1.54) is 10.9 Å². The summed E-state index contributed by atoms with van der Waals surface area (Å²) in [7, 11) is 0. The van der Waals surface area contributed by atoms with Gasteiger partial charge in [-0.1, -0.05) is 12.1 Å². The van der Waals surface area contributed by atoms with Gasteiger partial charge in [-0.2, -0.15) is 0 Å². The molecule has 1 aliphatic rings.